The molecule has 0 fully saturated rings. The van der Waals surface area contributed by atoms with E-state index in [0.717, 1.165) is 36.0 Å². The highest BCUT2D eigenvalue weighted by atomic mass is 16.5. The topological polar surface area (TPSA) is 58.8 Å². The minimum Gasteiger partial charge on any atom is -0.497 e. The van der Waals surface area contributed by atoms with Crippen molar-refractivity contribution in [1.82, 2.24) is 10.6 Å². The summed E-state index contributed by atoms with van der Waals surface area (Å²) in [4.78, 5) is 4.59. The first-order valence-corrected chi connectivity index (χ1v) is 7.60. The van der Waals surface area contributed by atoms with Gasteiger partial charge in [0, 0.05) is 19.5 Å². The lowest BCUT2D eigenvalue weighted by Gasteiger charge is -2.11. The van der Waals surface area contributed by atoms with Crippen molar-refractivity contribution in [1.29, 1.82) is 0 Å². The molecule has 0 amide bonds. The zero-order valence-corrected chi connectivity index (χ0v) is 13.4. The molecule has 2 rings (SSSR count). The molecule has 0 saturated heterocycles. The molecule has 0 aliphatic heterocycles. The summed E-state index contributed by atoms with van der Waals surface area (Å²) in [6, 6.07) is 11.8. The Morgan fingerprint density at radius 1 is 1.30 bits per heavy atom. The third-order valence-electron chi connectivity index (χ3n) is 3.21. The van der Waals surface area contributed by atoms with Gasteiger partial charge in [-0.15, -0.1) is 6.58 Å². The zero-order valence-electron chi connectivity index (χ0n) is 13.4. The van der Waals surface area contributed by atoms with E-state index in [1.54, 1.807) is 19.4 Å². The van der Waals surface area contributed by atoms with Gasteiger partial charge in [0.2, 0.25) is 0 Å². The van der Waals surface area contributed by atoms with E-state index in [2.05, 4.69) is 22.2 Å². The van der Waals surface area contributed by atoms with E-state index in [9.17, 15) is 0 Å². The van der Waals surface area contributed by atoms with Crippen LogP contribution < -0.4 is 15.4 Å². The van der Waals surface area contributed by atoms with Crippen LogP contribution in [0.4, 0.5) is 0 Å². The second kappa shape index (κ2) is 9.35. The van der Waals surface area contributed by atoms with Gasteiger partial charge in [-0.3, -0.25) is 0 Å². The van der Waals surface area contributed by atoms with E-state index in [1.165, 1.54) is 0 Å². The maximum atomic E-state index is 5.32. The van der Waals surface area contributed by atoms with E-state index in [0.29, 0.717) is 13.1 Å². The van der Waals surface area contributed by atoms with Crippen LogP contribution in [0.2, 0.25) is 0 Å². The predicted octanol–water partition coefficient (Wildman–Crippen LogP) is 2.75. The van der Waals surface area contributed by atoms with Crippen molar-refractivity contribution in [2.24, 2.45) is 4.99 Å². The van der Waals surface area contributed by atoms with Crippen LogP contribution in [0.25, 0.3) is 0 Å². The maximum absolute atomic E-state index is 5.32. The number of hydrogen-bond donors (Lipinski definition) is 2. The molecule has 0 unspecified atom stereocenters. The van der Waals surface area contributed by atoms with Crippen molar-refractivity contribution < 1.29 is 9.15 Å². The molecule has 0 bridgehead atoms. The van der Waals surface area contributed by atoms with Crippen molar-refractivity contribution in [3.05, 3.63) is 66.6 Å². The fraction of sp³-hybridized carbons (Fsp3) is 0.278. The third-order valence-corrected chi connectivity index (χ3v) is 3.21. The first-order chi connectivity index (χ1) is 11.3. The number of nitrogens with one attached hydrogen (secondary N) is 2. The van der Waals surface area contributed by atoms with Crippen LogP contribution in [0.5, 0.6) is 5.75 Å². The Balaban J connectivity index is 1.91. The Morgan fingerprint density at radius 2 is 2.22 bits per heavy atom. The second-order valence-electron chi connectivity index (χ2n) is 4.94. The quantitative estimate of drug-likeness (QED) is 0.447. The van der Waals surface area contributed by atoms with Crippen molar-refractivity contribution >= 4 is 5.96 Å². The number of furan rings is 1. The highest BCUT2D eigenvalue weighted by molar-refractivity contribution is 5.79. The Bertz CT molecular complexity index is 621. The molecule has 1 heterocycles. The van der Waals surface area contributed by atoms with Gasteiger partial charge in [0.05, 0.1) is 19.9 Å². The standard InChI is InChI=1S/C18H23N3O2/c1-3-10-19-18(20-11-9-16-8-5-12-23-16)21-14-15-6-4-7-17(13-15)22-2/h3-8,12-13H,1,9-11,14H2,2H3,(H2,19,20,21). The van der Waals surface area contributed by atoms with E-state index in [4.69, 9.17) is 9.15 Å². The van der Waals surface area contributed by atoms with E-state index in [-0.39, 0.29) is 0 Å². The van der Waals surface area contributed by atoms with Gasteiger partial charge in [0.15, 0.2) is 5.96 Å². The highest BCUT2D eigenvalue weighted by Gasteiger charge is 2.00. The summed E-state index contributed by atoms with van der Waals surface area (Å²) in [5.41, 5.74) is 1.09. The van der Waals surface area contributed by atoms with Gasteiger partial charge in [-0.2, -0.15) is 0 Å². The third kappa shape index (κ3) is 5.90. The van der Waals surface area contributed by atoms with Crippen molar-refractivity contribution in [2.45, 2.75) is 13.0 Å². The first-order valence-electron chi connectivity index (χ1n) is 7.60. The number of benzene rings is 1. The first kappa shape index (κ1) is 16.7. The Kier molecular flexibility index (Phi) is 6.78. The monoisotopic (exact) mass is 313 g/mol. The molecule has 2 aromatic rings. The number of methoxy groups -OCH3 is 1. The second-order valence-corrected chi connectivity index (χ2v) is 4.94. The van der Waals surface area contributed by atoms with E-state index in [1.807, 2.05) is 36.4 Å². The number of nitrogens with zero attached hydrogens (tertiary/aromatic N) is 1. The smallest absolute Gasteiger partial charge is 0.191 e. The normalized spacial score (nSPS) is 11.1. The molecule has 2 N–H and O–H groups in total. The minimum absolute atomic E-state index is 0.574. The number of rotatable bonds is 8. The van der Waals surface area contributed by atoms with Crippen LogP contribution in [0, 0.1) is 0 Å². The lowest BCUT2D eigenvalue weighted by molar-refractivity contribution is 0.414. The SMILES string of the molecule is C=CCNC(=NCc1cccc(OC)c1)NCCc1ccco1. The average Bonchev–Trinajstić information content (AvgIpc) is 3.10. The summed E-state index contributed by atoms with van der Waals surface area (Å²) < 4.78 is 10.6. The molecule has 0 radical (unpaired) electrons. The number of ether oxygens (including phenoxy) is 1. The van der Waals surface area contributed by atoms with Crippen molar-refractivity contribution in [2.75, 3.05) is 20.2 Å². The minimum atomic E-state index is 0.574. The largest absolute Gasteiger partial charge is 0.497 e. The molecule has 0 aliphatic carbocycles. The van der Waals surface area contributed by atoms with Gasteiger partial charge in [0.25, 0.3) is 0 Å². The van der Waals surface area contributed by atoms with Gasteiger partial charge >= 0.3 is 0 Å². The molecule has 0 atom stereocenters. The van der Waals surface area contributed by atoms with Gasteiger partial charge in [-0.1, -0.05) is 18.2 Å². The molecule has 0 aliphatic rings. The number of hydrogen-bond acceptors (Lipinski definition) is 3. The van der Waals surface area contributed by atoms with Gasteiger partial charge < -0.3 is 19.8 Å². The van der Waals surface area contributed by atoms with Crippen LogP contribution in [0.15, 0.2) is 64.7 Å². The predicted molar refractivity (Wildman–Crippen MR) is 92.7 cm³/mol. The molecule has 5 nitrogen and oxygen atoms in total. The molecule has 1 aromatic carbocycles. The maximum Gasteiger partial charge on any atom is 0.191 e. The number of guanidine groups is 1. The van der Waals surface area contributed by atoms with Crippen LogP contribution in [-0.4, -0.2) is 26.2 Å². The summed E-state index contributed by atoms with van der Waals surface area (Å²) in [7, 11) is 1.66. The van der Waals surface area contributed by atoms with Crippen LogP contribution in [-0.2, 0) is 13.0 Å². The van der Waals surface area contributed by atoms with Crippen LogP contribution >= 0.6 is 0 Å². The van der Waals surface area contributed by atoms with Crippen LogP contribution in [0.1, 0.15) is 11.3 Å². The van der Waals surface area contributed by atoms with Gasteiger partial charge in [0.1, 0.15) is 11.5 Å². The van der Waals surface area contributed by atoms with Crippen molar-refractivity contribution in [3.8, 4) is 5.75 Å². The fourth-order valence-corrected chi connectivity index (χ4v) is 2.04. The summed E-state index contributed by atoms with van der Waals surface area (Å²) in [5.74, 6) is 2.54. The highest BCUT2D eigenvalue weighted by Crippen LogP contribution is 2.13. The molecule has 0 saturated carbocycles. The summed E-state index contributed by atoms with van der Waals surface area (Å²) in [6.45, 7) is 5.69. The van der Waals surface area contributed by atoms with Gasteiger partial charge in [-0.25, -0.2) is 4.99 Å². The lowest BCUT2D eigenvalue weighted by Crippen LogP contribution is -2.38. The Morgan fingerprint density at radius 3 is 2.96 bits per heavy atom. The summed E-state index contributed by atoms with van der Waals surface area (Å²) >= 11 is 0. The molecular weight excluding hydrogens is 290 g/mol. The van der Waals surface area contributed by atoms with Crippen molar-refractivity contribution in [3.63, 3.8) is 0 Å². The lowest BCUT2D eigenvalue weighted by atomic mass is 10.2. The van der Waals surface area contributed by atoms with Gasteiger partial charge in [-0.05, 0) is 29.8 Å². The average molecular weight is 313 g/mol. The molecule has 5 heteroatoms. The fourth-order valence-electron chi connectivity index (χ4n) is 2.04. The summed E-state index contributed by atoms with van der Waals surface area (Å²) in [6.07, 6.45) is 4.29. The molecule has 23 heavy (non-hydrogen) atoms. The molecule has 122 valence electrons. The van der Waals surface area contributed by atoms with Crippen LogP contribution in [0.3, 0.4) is 0 Å². The Hall–Kier alpha value is -2.69. The molecular formula is C18H23N3O2. The van der Waals surface area contributed by atoms with E-state index >= 15 is 0 Å². The molecule has 1 aromatic heterocycles. The zero-order chi connectivity index (χ0) is 16.3. The molecule has 0 spiro atoms. The Labute approximate surface area is 137 Å². The van der Waals surface area contributed by atoms with E-state index < -0.39 is 0 Å². The summed E-state index contributed by atoms with van der Waals surface area (Å²) in [5, 5.41) is 6.50. The number of aliphatic imine (C=N–C) groups is 1.